The number of aliphatic hydroxyl groups is 2. The second kappa shape index (κ2) is 17.1. The van der Waals surface area contributed by atoms with E-state index < -0.39 is 0 Å². The van der Waals surface area contributed by atoms with Crippen LogP contribution in [0.15, 0.2) is 0 Å². The van der Waals surface area contributed by atoms with Crippen LogP contribution in [0, 0.1) is 0 Å². The zero-order chi connectivity index (χ0) is 9.66. The van der Waals surface area contributed by atoms with Gasteiger partial charge in [-0.05, 0) is 12.8 Å². The molecule has 0 spiro atoms. The van der Waals surface area contributed by atoms with Crippen molar-refractivity contribution < 1.29 is 19.7 Å². The highest BCUT2D eigenvalue weighted by Crippen LogP contribution is 1.73. The third-order valence-electron chi connectivity index (χ3n) is 1.01. The topological polar surface area (TPSA) is 58.9 Å². The van der Waals surface area contributed by atoms with E-state index in [2.05, 4.69) is 9.47 Å². The maximum absolute atomic E-state index is 8.12. The van der Waals surface area contributed by atoms with Gasteiger partial charge in [0.1, 0.15) is 0 Å². The van der Waals surface area contributed by atoms with Crippen molar-refractivity contribution in [2.45, 2.75) is 12.8 Å². The molecule has 4 heteroatoms. The number of ether oxygens (including phenoxy) is 2. The smallest absolute Gasteiger partial charge is 0.0484 e. The molecule has 0 saturated carbocycles. The second-order valence-corrected chi connectivity index (χ2v) is 2.14. The number of methoxy groups -OCH3 is 2. The predicted octanol–water partition coefficient (Wildman–Crippen LogP) is 0.0304. The van der Waals surface area contributed by atoms with Crippen molar-refractivity contribution in [3.63, 3.8) is 0 Å². The molecule has 0 aliphatic carbocycles. The Morgan fingerprint density at radius 2 is 1.17 bits per heavy atom. The standard InChI is InChI=1S/2C4H10O2/c2*1-6-4-2-3-5/h2*5H,2-4H2,1H3. The molecule has 4 nitrogen and oxygen atoms in total. The van der Waals surface area contributed by atoms with Crippen molar-refractivity contribution in [1.82, 2.24) is 0 Å². The Bertz CT molecular complexity index is 43.0. The summed E-state index contributed by atoms with van der Waals surface area (Å²) in [6, 6.07) is 0. The Hall–Kier alpha value is -0.160. The van der Waals surface area contributed by atoms with E-state index >= 15 is 0 Å². The van der Waals surface area contributed by atoms with Crippen LogP contribution in [0.5, 0.6) is 0 Å². The Balaban J connectivity index is 0. The van der Waals surface area contributed by atoms with E-state index in [9.17, 15) is 0 Å². The summed E-state index contributed by atoms with van der Waals surface area (Å²) in [5.74, 6) is 0. The Kier molecular flexibility index (Phi) is 20.4. The molecule has 76 valence electrons. The van der Waals surface area contributed by atoms with Crippen LogP contribution in [0.3, 0.4) is 0 Å². The summed E-state index contributed by atoms with van der Waals surface area (Å²) in [6.07, 6.45) is 1.49. The lowest BCUT2D eigenvalue weighted by Crippen LogP contribution is -1.90. The average Bonchev–Trinajstić information content (AvgIpc) is 2.12. The molecule has 0 heterocycles. The number of rotatable bonds is 6. The summed E-state index contributed by atoms with van der Waals surface area (Å²) in [6.45, 7) is 1.79. The zero-order valence-corrected chi connectivity index (χ0v) is 7.95. The highest BCUT2D eigenvalue weighted by molar-refractivity contribution is 4.25. The molecule has 0 saturated heterocycles. The summed E-state index contributed by atoms with van der Waals surface area (Å²) < 4.78 is 9.24. The summed E-state index contributed by atoms with van der Waals surface area (Å²) in [7, 11) is 3.24. The molecule has 0 amide bonds. The summed E-state index contributed by atoms with van der Waals surface area (Å²) in [5, 5.41) is 16.2. The summed E-state index contributed by atoms with van der Waals surface area (Å²) in [5.41, 5.74) is 0. The first-order valence-electron chi connectivity index (χ1n) is 4.03. The van der Waals surface area contributed by atoms with Crippen molar-refractivity contribution in [3.8, 4) is 0 Å². The van der Waals surface area contributed by atoms with Gasteiger partial charge in [-0.2, -0.15) is 0 Å². The Labute approximate surface area is 74.1 Å². The fourth-order valence-electron chi connectivity index (χ4n) is 0.418. The first kappa shape index (κ1) is 14.4. The van der Waals surface area contributed by atoms with Crippen LogP contribution in [0.1, 0.15) is 12.8 Å². The third-order valence-corrected chi connectivity index (χ3v) is 1.01. The Morgan fingerprint density at radius 3 is 1.25 bits per heavy atom. The van der Waals surface area contributed by atoms with Crippen LogP contribution in [0.4, 0.5) is 0 Å². The van der Waals surface area contributed by atoms with E-state index in [1.54, 1.807) is 14.2 Å². The van der Waals surface area contributed by atoms with Gasteiger partial charge in [-0.1, -0.05) is 0 Å². The number of hydrogen-bond donors (Lipinski definition) is 2. The van der Waals surface area contributed by atoms with Crippen LogP contribution in [0.2, 0.25) is 0 Å². The molecule has 0 atom stereocenters. The minimum absolute atomic E-state index is 0.230. The van der Waals surface area contributed by atoms with Crippen LogP contribution < -0.4 is 0 Å². The van der Waals surface area contributed by atoms with Gasteiger partial charge in [0.25, 0.3) is 0 Å². The van der Waals surface area contributed by atoms with E-state index in [1.807, 2.05) is 0 Å². The summed E-state index contributed by atoms with van der Waals surface area (Å²) >= 11 is 0. The van der Waals surface area contributed by atoms with Gasteiger partial charge in [0.05, 0.1) is 0 Å². The molecule has 0 aromatic carbocycles. The predicted molar refractivity (Wildman–Crippen MR) is 47.2 cm³/mol. The van der Waals surface area contributed by atoms with Crippen LogP contribution >= 0.6 is 0 Å². The fraction of sp³-hybridized carbons (Fsp3) is 1.00. The quantitative estimate of drug-likeness (QED) is 0.566. The third kappa shape index (κ3) is 22.5. The molecule has 0 aliphatic heterocycles. The molecule has 0 unspecified atom stereocenters. The van der Waals surface area contributed by atoms with E-state index in [-0.39, 0.29) is 13.2 Å². The lowest BCUT2D eigenvalue weighted by atomic mass is 10.5. The van der Waals surface area contributed by atoms with Gasteiger partial charge in [0.2, 0.25) is 0 Å². The molecule has 0 radical (unpaired) electrons. The largest absolute Gasteiger partial charge is 0.396 e. The normalized spacial score (nSPS) is 9.00. The minimum Gasteiger partial charge on any atom is -0.396 e. The number of hydrogen-bond acceptors (Lipinski definition) is 4. The maximum Gasteiger partial charge on any atom is 0.0484 e. The molecule has 12 heavy (non-hydrogen) atoms. The highest BCUT2D eigenvalue weighted by Gasteiger charge is 1.76. The van der Waals surface area contributed by atoms with Gasteiger partial charge in [-0.3, -0.25) is 0 Å². The van der Waals surface area contributed by atoms with Gasteiger partial charge in [0, 0.05) is 40.6 Å². The van der Waals surface area contributed by atoms with Crippen molar-refractivity contribution in [2.75, 3.05) is 40.6 Å². The molecular formula is C8H20O4. The molecule has 0 bridgehead atoms. The molecule has 0 fully saturated rings. The molecular weight excluding hydrogens is 160 g/mol. The lowest BCUT2D eigenvalue weighted by Gasteiger charge is -1.89. The van der Waals surface area contributed by atoms with Gasteiger partial charge in [-0.15, -0.1) is 0 Å². The van der Waals surface area contributed by atoms with Crippen LogP contribution in [-0.4, -0.2) is 50.9 Å². The minimum atomic E-state index is 0.230. The SMILES string of the molecule is COCCCO.COCCCO. The first-order chi connectivity index (χ1) is 5.83. The second-order valence-electron chi connectivity index (χ2n) is 2.14. The molecule has 0 aromatic rings. The zero-order valence-electron chi connectivity index (χ0n) is 7.95. The van der Waals surface area contributed by atoms with Gasteiger partial charge >= 0.3 is 0 Å². The van der Waals surface area contributed by atoms with Crippen molar-refractivity contribution in [1.29, 1.82) is 0 Å². The van der Waals surface area contributed by atoms with E-state index in [1.165, 1.54) is 0 Å². The van der Waals surface area contributed by atoms with Crippen molar-refractivity contribution >= 4 is 0 Å². The lowest BCUT2D eigenvalue weighted by molar-refractivity contribution is 0.166. The average molecular weight is 180 g/mol. The first-order valence-corrected chi connectivity index (χ1v) is 4.03. The van der Waals surface area contributed by atoms with Gasteiger partial charge in [0.15, 0.2) is 0 Å². The Morgan fingerprint density at radius 1 is 0.833 bits per heavy atom. The van der Waals surface area contributed by atoms with Crippen LogP contribution in [-0.2, 0) is 9.47 Å². The van der Waals surface area contributed by atoms with Crippen molar-refractivity contribution in [2.24, 2.45) is 0 Å². The van der Waals surface area contributed by atoms with Crippen molar-refractivity contribution in [3.05, 3.63) is 0 Å². The fourth-order valence-corrected chi connectivity index (χ4v) is 0.418. The molecule has 2 N–H and O–H groups in total. The van der Waals surface area contributed by atoms with Gasteiger partial charge in [-0.25, -0.2) is 0 Å². The van der Waals surface area contributed by atoms with E-state index in [0.717, 1.165) is 12.8 Å². The van der Waals surface area contributed by atoms with Gasteiger partial charge < -0.3 is 19.7 Å². The maximum atomic E-state index is 8.12. The molecule has 0 aliphatic rings. The molecule has 0 aromatic heterocycles. The monoisotopic (exact) mass is 180 g/mol. The summed E-state index contributed by atoms with van der Waals surface area (Å²) in [4.78, 5) is 0. The highest BCUT2D eigenvalue weighted by atomic mass is 16.5. The van der Waals surface area contributed by atoms with Crippen LogP contribution in [0.25, 0.3) is 0 Å². The van der Waals surface area contributed by atoms with E-state index in [0.29, 0.717) is 13.2 Å². The molecule has 0 rings (SSSR count). The number of aliphatic hydroxyl groups excluding tert-OH is 2. The van der Waals surface area contributed by atoms with E-state index in [4.69, 9.17) is 10.2 Å².